The quantitative estimate of drug-likeness (QED) is 0.801. The second-order valence-corrected chi connectivity index (χ2v) is 6.32. The zero-order valence-electron chi connectivity index (χ0n) is 11.2. The molecule has 0 amide bonds. The fourth-order valence-electron chi connectivity index (χ4n) is 2.51. The van der Waals surface area contributed by atoms with Crippen LogP contribution in [0.1, 0.15) is 31.4 Å². The van der Waals surface area contributed by atoms with Crippen LogP contribution in [0.15, 0.2) is 16.1 Å². The first-order valence-electron chi connectivity index (χ1n) is 6.56. The van der Waals surface area contributed by atoms with E-state index in [2.05, 4.69) is 15.1 Å². The van der Waals surface area contributed by atoms with E-state index in [0.717, 1.165) is 29.2 Å². The van der Waals surface area contributed by atoms with Crippen LogP contribution in [0.25, 0.3) is 16.5 Å². The average Bonchev–Trinajstić information content (AvgIpc) is 2.85. The standard InChI is InChI=1S/C13H14N4O2S/c1-7-9(17-5-6-20-12(17)14-7)10-15-11(19-16-10)13(2,18)8-3-4-8/h5-6,8,18H,3-4H2,1-2H3. The number of hydrogen-bond acceptors (Lipinski definition) is 6. The Balaban J connectivity index is 1.81. The SMILES string of the molecule is Cc1nc2sccn2c1-c1noc(C(C)(O)C2CC2)n1. The van der Waals surface area contributed by atoms with Crippen LogP contribution < -0.4 is 0 Å². The van der Waals surface area contributed by atoms with Crippen molar-refractivity contribution in [1.82, 2.24) is 19.5 Å². The summed E-state index contributed by atoms with van der Waals surface area (Å²) < 4.78 is 7.23. The van der Waals surface area contributed by atoms with Crippen LogP contribution in [-0.2, 0) is 5.60 Å². The summed E-state index contributed by atoms with van der Waals surface area (Å²) in [6.45, 7) is 3.66. The maximum Gasteiger partial charge on any atom is 0.258 e. The van der Waals surface area contributed by atoms with Crippen LogP contribution in [0.2, 0.25) is 0 Å². The maximum absolute atomic E-state index is 10.5. The van der Waals surface area contributed by atoms with Crippen LogP contribution in [-0.4, -0.2) is 24.6 Å². The molecule has 3 heterocycles. The van der Waals surface area contributed by atoms with Gasteiger partial charge in [0.05, 0.1) is 5.69 Å². The molecule has 1 aliphatic carbocycles. The Morgan fingerprint density at radius 1 is 1.45 bits per heavy atom. The molecule has 3 aromatic rings. The molecule has 104 valence electrons. The highest BCUT2D eigenvalue weighted by Crippen LogP contribution is 2.45. The molecule has 7 heteroatoms. The average molecular weight is 290 g/mol. The summed E-state index contributed by atoms with van der Waals surface area (Å²) in [5, 5.41) is 16.5. The molecule has 0 radical (unpaired) electrons. The Labute approximate surface area is 119 Å². The largest absolute Gasteiger partial charge is 0.380 e. The maximum atomic E-state index is 10.5. The number of nitrogens with zero attached hydrogens (tertiary/aromatic N) is 4. The molecule has 1 aliphatic rings. The third kappa shape index (κ3) is 1.63. The van der Waals surface area contributed by atoms with Gasteiger partial charge >= 0.3 is 0 Å². The molecule has 1 fully saturated rings. The first kappa shape index (κ1) is 12.0. The van der Waals surface area contributed by atoms with Gasteiger partial charge in [0.2, 0.25) is 5.82 Å². The summed E-state index contributed by atoms with van der Waals surface area (Å²) >= 11 is 1.56. The lowest BCUT2D eigenvalue weighted by Gasteiger charge is -2.16. The molecule has 0 saturated heterocycles. The van der Waals surface area contributed by atoms with Crippen LogP contribution in [0.5, 0.6) is 0 Å². The smallest absolute Gasteiger partial charge is 0.258 e. The number of aryl methyl sites for hydroxylation is 1. The summed E-state index contributed by atoms with van der Waals surface area (Å²) in [6, 6.07) is 0. The molecule has 20 heavy (non-hydrogen) atoms. The second-order valence-electron chi connectivity index (χ2n) is 5.45. The molecule has 0 spiro atoms. The zero-order valence-corrected chi connectivity index (χ0v) is 12.0. The molecule has 1 atom stereocenters. The van der Waals surface area contributed by atoms with Gasteiger partial charge in [-0.2, -0.15) is 4.98 Å². The number of aliphatic hydroxyl groups is 1. The number of thiazole rings is 1. The minimum atomic E-state index is -1.03. The van der Waals surface area contributed by atoms with Crippen molar-refractivity contribution in [2.45, 2.75) is 32.3 Å². The molecule has 6 nitrogen and oxygen atoms in total. The summed E-state index contributed by atoms with van der Waals surface area (Å²) in [6.07, 6.45) is 3.95. The summed E-state index contributed by atoms with van der Waals surface area (Å²) in [5.41, 5.74) is 0.649. The predicted octanol–water partition coefficient (Wildman–Crippen LogP) is 2.37. The van der Waals surface area contributed by atoms with Crippen LogP contribution in [0.3, 0.4) is 0 Å². The predicted molar refractivity (Wildman–Crippen MR) is 73.4 cm³/mol. The van der Waals surface area contributed by atoms with E-state index in [1.807, 2.05) is 22.9 Å². The van der Waals surface area contributed by atoms with Gasteiger partial charge in [-0.15, -0.1) is 11.3 Å². The van der Waals surface area contributed by atoms with Gasteiger partial charge < -0.3 is 9.63 Å². The van der Waals surface area contributed by atoms with Crippen molar-refractivity contribution < 1.29 is 9.63 Å². The first-order chi connectivity index (χ1) is 9.57. The summed E-state index contributed by atoms with van der Waals surface area (Å²) in [5.74, 6) is 0.993. The monoisotopic (exact) mass is 290 g/mol. The highest BCUT2D eigenvalue weighted by Gasteiger charge is 2.45. The second kappa shape index (κ2) is 3.89. The third-order valence-corrected chi connectivity index (χ3v) is 4.64. The molecule has 1 N–H and O–H groups in total. The number of aromatic nitrogens is 4. The van der Waals surface area contributed by atoms with Gasteiger partial charge in [0.15, 0.2) is 4.96 Å². The molecule has 0 aromatic carbocycles. The van der Waals surface area contributed by atoms with E-state index in [0.29, 0.717) is 11.7 Å². The molecule has 1 saturated carbocycles. The zero-order chi connectivity index (χ0) is 13.9. The highest BCUT2D eigenvalue weighted by molar-refractivity contribution is 7.15. The van der Waals surface area contributed by atoms with Gasteiger partial charge in [-0.05, 0) is 32.6 Å². The molecule has 0 bridgehead atoms. The van der Waals surface area contributed by atoms with E-state index in [1.165, 1.54) is 0 Å². The number of hydrogen-bond donors (Lipinski definition) is 1. The molecule has 1 unspecified atom stereocenters. The van der Waals surface area contributed by atoms with Crippen molar-refractivity contribution in [3.05, 3.63) is 23.2 Å². The Morgan fingerprint density at radius 3 is 3.00 bits per heavy atom. The molecular weight excluding hydrogens is 276 g/mol. The number of imidazole rings is 1. The molecule has 3 aromatic heterocycles. The fourth-order valence-corrected chi connectivity index (χ4v) is 3.27. The van der Waals surface area contributed by atoms with Gasteiger partial charge in [0.1, 0.15) is 11.3 Å². The minimum absolute atomic E-state index is 0.225. The van der Waals surface area contributed by atoms with Gasteiger partial charge in [-0.1, -0.05) is 5.16 Å². The van der Waals surface area contributed by atoms with E-state index in [1.54, 1.807) is 18.3 Å². The minimum Gasteiger partial charge on any atom is -0.380 e. The van der Waals surface area contributed by atoms with E-state index < -0.39 is 5.60 Å². The Morgan fingerprint density at radius 2 is 2.25 bits per heavy atom. The van der Waals surface area contributed by atoms with Crippen molar-refractivity contribution in [3.8, 4) is 11.5 Å². The summed E-state index contributed by atoms with van der Waals surface area (Å²) in [7, 11) is 0. The molecule has 0 aliphatic heterocycles. The normalized spacial score (nSPS) is 18.6. The van der Waals surface area contributed by atoms with Crippen molar-refractivity contribution in [1.29, 1.82) is 0 Å². The Kier molecular flexibility index (Phi) is 2.34. The Hall–Kier alpha value is -1.73. The van der Waals surface area contributed by atoms with E-state index in [4.69, 9.17) is 4.52 Å². The van der Waals surface area contributed by atoms with Crippen LogP contribution in [0.4, 0.5) is 0 Å². The van der Waals surface area contributed by atoms with Crippen LogP contribution in [0, 0.1) is 12.8 Å². The van der Waals surface area contributed by atoms with Gasteiger partial charge in [-0.25, -0.2) is 4.98 Å². The van der Waals surface area contributed by atoms with E-state index in [9.17, 15) is 5.11 Å². The van der Waals surface area contributed by atoms with Gasteiger partial charge in [0, 0.05) is 11.6 Å². The molecular formula is C13H14N4O2S. The topological polar surface area (TPSA) is 76.5 Å². The van der Waals surface area contributed by atoms with Crippen molar-refractivity contribution in [3.63, 3.8) is 0 Å². The number of fused-ring (bicyclic) bond motifs is 1. The Bertz CT molecular complexity index is 781. The summed E-state index contributed by atoms with van der Waals surface area (Å²) in [4.78, 5) is 9.76. The third-order valence-electron chi connectivity index (χ3n) is 3.88. The van der Waals surface area contributed by atoms with E-state index in [-0.39, 0.29) is 5.92 Å². The van der Waals surface area contributed by atoms with Crippen LogP contribution >= 0.6 is 11.3 Å². The molecule has 4 rings (SSSR count). The highest BCUT2D eigenvalue weighted by atomic mass is 32.1. The van der Waals surface area contributed by atoms with Crippen molar-refractivity contribution >= 4 is 16.3 Å². The lowest BCUT2D eigenvalue weighted by atomic mass is 10.0. The van der Waals surface area contributed by atoms with Gasteiger partial charge in [0.25, 0.3) is 5.89 Å². The fraction of sp³-hybridized carbons (Fsp3) is 0.462. The van der Waals surface area contributed by atoms with E-state index >= 15 is 0 Å². The number of rotatable bonds is 3. The van der Waals surface area contributed by atoms with Gasteiger partial charge in [-0.3, -0.25) is 4.40 Å². The lowest BCUT2D eigenvalue weighted by molar-refractivity contribution is 0.000916. The van der Waals surface area contributed by atoms with Crippen molar-refractivity contribution in [2.24, 2.45) is 5.92 Å². The lowest BCUT2D eigenvalue weighted by Crippen LogP contribution is -2.24. The van der Waals surface area contributed by atoms with Crippen molar-refractivity contribution in [2.75, 3.05) is 0 Å². The first-order valence-corrected chi connectivity index (χ1v) is 7.44.